The Labute approximate surface area is 125 Å². The van der Waals surface area contributed by atoms with Gasteiger partial charge in [0.05, 0.1) is 5.60 Å². The highest BCUT2D eigenvalue weighted by atomic mass is 32.2. The van der Waals surface area contributed by atoms with Gasteiger partial charge in [-0.1, -0.05) is 30.3 Å². The topological polar surface area (TPSA) is 46.2 Å². The Kier molecular flexibility index (Phi) is 5.46. The van der Waals surface area contributed by atoms with Crippen LogP contribution in [0.3, 0.4) is 0 Å². The zero-order chi connectivity index (χ0) is 14.4. The Morgan fingerprint density at radius 3 is 2.60 bits per heavy atom. The van der Waals surface area contributed by atoms with Gasteiger partial charge in [0.1, 0.15) is 0 Å². The van der Waals surface area contributed by atoms with Crippen LogP contribution in [0, 0.1) is 0 Å². The lowest BCUT2D eigenvalue weighted by molar-refractivity contribution is 0.0577. The van der Waals surface area contributed by atoms with E-state index in [4.69, 9.17) is 5.73 Å². The van der Waals surface area contributed by atoms with Gasteiger partial charge < -0.3 is 10.8 Å². The molecule has 0 radical (unpaired) electrons. The molecule has 3 N–H and O–H groups in total. The van der Waals surface area contributed by atoms with Crippen LogP contribution in [0.2, 0.25) is 0 Å². The van der Waals surface area contributed by atoms with E-state index >= 15 is 0 Å². The number of fused-ring (bicyclic) bond motifs is 1. The molecule has 2 aromatic rings. The lowest BCUT2D eigenvalue weighted by Crippen LogP contribution is -2.33. The molecule has 0 fully saturated rings. The van der Waals surface area contributed by atoms with E-state index in [1.54, 1.807) is 0 Å². The van der Waals surface area contributed by atoms with E-state index in [0.717, 1.165) is 25.0 Å². The van der Waals surface area contributed by atoms with Gasteiger partial charge in [-0.25, -0.2) is 0 Å². The third-order valence-corrected chi connectivity index (χ3v) is 4.62. The minimum absolute atomic E-state index is 0.338. The van der Waals surface area contributed by atoms with Gasteiger partial charge in [-0.15, -0.1) is 11.8 Å². The molecule has 0 heterocycles. The van der Waals surface area contributed by atoms with Gasteiger partial charge in [-0.2, -0.15) is 0 Å². The average molecular weight is 289 g/mol. The van der Waals surface area contributed by atoms with Crippen molar-refractivity contribution in [1.82, 2.24) is 0 Å². The van der Waals surface area contributed by atoms with Crippen LogP contribution in [0.5, 0.6) is 0 Å². The minimum atomic E-state index is -0.701. The number of aliphatic hydroxyl groups is 1. The van der Waals surface area contributed by atoms with E-state index in [9.17, 15) is 5.11 Å². The Morgan fingerprint density at radius 2 is 1.85 bits per heavy atom. The predicted molar refractivity (Wildman–Crippen MR) is 88.2 cm³/mol. The first-order chi connectivity index (χ1) is 9.61. The van der Waals surface area contributed by atoms with Gasteiger partial charge in [-0.05, 0) is 54.8 Å². The van der Waals surface area contributed by atoms with Crippen molar-refractivity contribution in [2.24, 2.45) is 5.73 Å². The number of unbranched alkanes of at least 4 members (excludes halogenated alkanes) is 1. The Balaban J connectivity index is 1.78. The summed E-state index contributed by atoms with van der Waals surface area (Å²) in [5.41, 5.74) is 4.81. The van der Waals surface area contributed by atoms with E-state index < -0.39 is 5.60 Å². The third-order valence-electron chi connectivity index (χ3n) is 3.54. The molecule has 0 spiro atoms. The first-order valence-electron chi connectivity index (χ1n) is 7.15. The normalized spacial score (nSPS) is 14.3. The second kappa shape index (κ2) is 7.11. The van der Waals surface area contributed by atoms with E-state index in [0.29, 0.717) is 6.54 Å². The highest BCUT2D eigenvalue weighted by molar-refractivity contribution is 7.99. The summed E-state index contributed by atoms with van der Waals surface area (Å²) >= 11 is 1.88. The van der Waals surface area contributed by atoms with Crippen molar-refractivity contribution >= 4 is 22.5 Å². The van der Waals surface area contributed by atoms with Crippen molar-refractivity contribution in [2.75, 3.05) is 12.3 Å². The quantitative estimate of drug-likeness (QED) is 0.602. The Hall–Kier alpha value is -1.03. The maximum Gasteiger partial charge on any atom is 0.0741 e. The van der Waals surface area contributed by atoms with Crippen molar-refractivity contribution < 1.29 is 5.11 Å². The van der Waals surface area contributed by atoms with Crippen molar-refractivity contribution in [2.45, 2.75) is 36.7 Å². The number of benzene rings is 2. The first-order valence-corrected chi connectivity index (χ1v) is 8.13. The summed E-state index contributed by atoms with van der Waals surface area (Å²) in [4.78, 5) is 1.31. The zero-order valence-corrected chi connectivity index (χ0v) is 12.8. The van der Waals surface area contributed by atoms with Crippen LogP contribution >= 0.6 is 11.8 Å². The lowest BCUT2D eigenvalue weighted by atomic mass is 10.00. The molecule has 3 heteroatoms. The van der Waals surface area contributed by atoms with Crippen molar-refractivity contribution in [3.63, 3.8) is 0 Å². The molecule has 1 atom stereocenters. The Morgan fingerprint density at radius 1 is 1.10 bits per heavy atom. The second-order valence-corrected chi connectivity index (χ2v) is 6.68. The van der Waals surface area contributed by atoms with E-state index in [1.165, 1.54) is 15.7 Å². The lowest BCUT2D eigenvalue weighted by Gasteiger charge is -2.20. The standard InChI is InChI=1S/C17H23NOS/c1-17(19,13-18)10-4-5-11-20-16-9-8-14-6-2-3-7-15(14)12-16/h2-3,6-9,12,19H,4-5,10-11,13,18H2,1H3. The van der Waals surface area contributed by atoms with Crippen molar-refractivity contribution in [3.05, 3.63) is 42.5 Å². The SMILES string of the molecule is CC(O)(CN)CCCCSc1ccc2ccccc2c1. The summed E-state index contributed by atoms with van der Waals surface area (Å²) in [6.45, 7) is 2.15. The zero-order valence-electron chi connectivity index (χ0n) is 12.0. The van der Waals surface area contributed by atoms with Gasteiger partial charge in [0.2, 0.25) is 0 Å². The van der Waals surface area contributed by atoms with Crippen molar-refractivity contribution in [3.8, 4) is 0 Å². The maximum atomic E-state index is 9.83. The molecule has 0 saturated carbocycles. The van der Waals surface area contributed by atoms with E-state index in [2.05, 4.69) is 42.5 Å². The van der Waals surface area contributed by atoms with Crippen LogP contribution in [0.4, 0.5) is 0 Å². The molecule has 20 heavy (non-hydrogen) atoms. The fraction of sp³-hybridized carbons (Fsp3) is 0.412. The van der Waals surface area contributed by atoms with Crippen molar-refractivity contribution in [1.29, 1.82) is 0 Å². The molecule has 2 aromatic carbocycles. The minimum Gasteiger partial charge on any atom is -0.389 e. The van der Waals surface area contributed by atoms with Gasteiger partial charge in [0.15, 0.2) is 0 Å². The van der Waals surface area contributed by atoms with Crippen LogP contribution in [0.15, 0.2) is 47.4 Å². The molecule has 0 aliphatic heterocycles. The van der Waals surface area contributed by atoms with E-state index in [-0.39, 0.29) is 0 Å². The van der Waals surface area contributed by atoms with E-state index in [1.807, 2.05) is 18.7 Å². The highest BCUT2D eigenvalue weighted by Gasteiger charge is 2.16. The highest BCUT2D eigenvalue weighted by Crippen LogP contribution is 2.25. The Bertz CT molecular complexity index is 553. The molecule has 0 amide bonds. The summed E-state index contributed by atoms with van der Waals surface area (Å²) in [5.74, 6) is 1.08. The van der Waals surface area contributed by atoms with Gasteiger partial charge in [0, 0.05) is 11.4 Å². The van der Waals surface area contributed by atoms with Crippen LogP contribution in [0.1, 0.15) is 26.2 Å². The van der Waals surface area contributed by atoms with Gasteiger partial charge in [0.25, 0.3) is 0 Å². The molecule has 0 aliphatic carbocycles. The van der Waals surface area contributed by atoms with Crippen LogP contribution in [-0.2, 0) is 0 Å². The molecule has 108 valence electrons. The molecule has 0 bridgehead atoms. The number of hydrogen-bond donors (Lipinski definition) is 2. The fourth-order valence-corrected chi connectivity index (χ4v) is 3.12. The van der Waals surface area contributed by atoms with Crippen LogP contribution < -0.4 is 5.73 Å². The molecule has 1 unspecified atom stereocenters. The summed E-state index contributed by atoms with van der Waals surface area (Å²) in [7, 11) is 0. The largest absolute Gasteiger partial charge is 0.389 e. The summed E-state index contributed by atoms with van der Waals surface area (Å²) < 4.78 is 0. The molecule has 0 aliphatic rings. The molecule has 2 nitrogen and oxygen atoms in total. The smallest absolute Gasteiger partial charge is 0.0741 e. The average Bonchev–Trinajstić information content (AvgIpc) is 2.46. The first kappa shape index (κ1) is 15.4. The van der Waals surface area contributed by atoms with Gasteiger partial charge in [-0.3, -0.25) is 0 Å². The number of nitrogens with two attached hydrogens (primary N) is 1. The van der Waals surface area contributed by atoms with Gasteiger partial charge >= 0.3 is 0 Å². The summed E-state index contributed by atoms with van der Waals surface area (Å²) in [6, 6.07) is 15.0. The molecular weight excluding hydrogens is 266 g/mol. The second-order valence-electron chi connectivity index (χ2n) is 5.52. The third kappa shape index (κ3) is 4.51. The molecule has 0 saturated heterocycles. The molecular formula is C17H23NOS. The predicted octanol–water partition coefficient (Wildman–Crippen LogP) is 3.81. The summed E-state index contributed by atoms with van der Waals surface area (Å²) in [6.07, 6.45) is 2.90. The molecule has 0 aromatic heterocycles. The monoisotopic (exact) mass is 289 g/mol. The molecule has 2 rings (SSSR count). The van der Waals surface area contributed by atoms with Crippen LogP contribution in [0.25, 0.3) is 10.8 Å². The van der Waals surface area contributed by atoms with Crippen LogP contribution in [-0.4, -0.2) is 23.0 Å². The number of hydrogen-bond acceptors (Lipinski definition) is 3. The number of thioether (sulfide) groups is 1. The number of rotatable bonds is 7. The fourth-order valence-electron chi connectivity index (χ4n) is 2.16. The summed E-state index contributed by atoms with van der Waals surface area (Å²) in [5, 5.41) is 12.4. The maximum absolute atomic E-state index is 9.83.